The molecule has 0 bridgehead atoms. The molecular formula is C18H23N3O3S. The Labute approximate surface area is 151 Å². The Morgan fingerprint density at radius 3 is 3.20 bits per heavy atom. The maximum absolute atomic E-state index is 12.7. The molecule has 0 spiro atoms. The van der Waals surface area contributed by atoms with E-state index in [2.05, 4.69) is 10.4 Å². The number of aromatic nitrogens is 2. The largest absolute Gasteiger partial charge is 0.383 e. The zero-order valence-corrected chi connectivity index (χ0v) is 15.3. The highest BCUT2D eigenvalue weighted by molar-refractivity contribution is 7.98. The number of benzene rings is 1. The number of carbonyl (C=O) groups excluding carboxylic acids is 1. The van der Waals surface area contributed by atoms with Gasteiger partial charge in [-0.3, -0.25) is 9.48 Å². The smallest absolute Gasteiger partial charge is 0.230 e. The molecule has 1 fully saturated rings. The second kappa shape index (κ2) is 8.51. The molecule has 3 rings (SSSR count). The molecule has 1 amide bonds. The third kappa shape index (κ3) is 4.42. The number of thioether (sulfide) groups is 1. The molecule has 2 heterocycles. The van der Waals surface area contributed by atoms with Crippen LogP contribution in [-0.4, -0.2) is 42.3 Å². The predicted octanol–water partition coefficient (Wildman–Crippen LogP) is 2.97. The molecule has 134 valence electrons. The number of amides is 1. The molecular weight excluding hydrogens is 338 g/mol. The van der Waals surface area contributed by atoms with E-state index in [4.69, 9.17) is 9.47 Å². The Morgan fingerprint density at radius 2 is 2.40 bits per heavy atom. The first kappa shape index (κ1) is 18.0. The molecule has 2 atom stereocenters. The van der Waals surface area contributed by atoms with Gasteiger partial charge in [0.2, 0.25) is 5.91 Å². The van der Waals surface area contributed by atoms with Crippen molar-refractivity contribution < 1.29 is 14.3 Å². The molecule has 0 saturated carbocycles. The molecule has 0 aliphatic carbocycles. The van der Waals surface area contributed by atoms with Crippen LogP contribution in [0.1, 0.15) is 18.1 Å². The van der Waals surface area contributed by atoms with E-state index in [1.165, 1.54) is 0 Å². The normalized spacial score (nSPS) is 19.9. The molecule has 1 aromatic heterocycles. The van der Waals surface area contributed by atoms with E-state index >= 15 is 0 Å². The van der Waals surface area contributed by atoms with Crippen molar-refractivity contribution in [3.05, 3.63) is 42.2 Å². The lowest BCUT2D eigenvalue weighted by Crippen LogP contribution is -2.25. The lowest BCUT2D eigenvalue weighted by Gasteiger charge is -2.17. The van der Waals surface area contributed by atoms with Crippen molar-refractivity contribution in [3.63, 3.8) is 0 Å². The Bertz CT molecular complexity index is 719. The quantitative estimate of drug-likeness (QED) is 0.768. The van der Waals surface area contributed by atoms with E-state index in [0.29, 0.717) is 26.2 Å². The van der Waals surface area contributed by atoms with Gasteiger partial charge in [-0.15, -0.1) is 11.8 Å². The van der Waals surface area contributed by atoms with Crippen LogP contribution in [0.25, 0.3) is 0 Å². The van der Waals surface area contributed by atoms with Gasteiger partial charge in [-0.05, 0) is 30.9 Å². The fourth-order valence-corrected chi connectivity index (χ4v) is 3.42. The summed E-state index contributed by atoms with van der Waals surface area (Å²) < 4.78 is 12.7. The number of hydrogen-bond acceptors (Lipinski definition) is 5. The number of rotatable bonds is 7. The first-order chi connectivity index (χ1) is 12.2. The summed E-state index contributed by atoms with van der Waals surface area (Å²) in [7, 11) is 1.66. The van der Waals surface area contributed by atoms with Crippen molar-refractivity contribution in [1.29, 1.82) is 0 Å². The summed E-state index contributed by atoms with van der Waals surface area (Å²) in [4.78, 5) is 13.9. The van der Waals surface area contributed by atoms with E-state index in [9.17, 15) is 4.79 Å². The summed E-state index contributed by atoms with van der Waals surface area (Å²) in [5.41, 5.74) is 1.75. The Morgan fingerprint density at radius 1 is 1.52 bits per heavy atom. The molecule has 7 heteroatoms. The maximum atomic E-state index is 12.7. The van der Waals surface area contributed by atoms with Crippen LogP contribution < -0.4 is 5.32 Å². The van der Waals surface area contributed by atoms with Crippen molar-refractivity contribution >= 4 is 23.4 Å². The predicted molar refractivity (Wildman–Crippen MR) is 97.8 cm³/mol. The summed E-state index contributed by atoms with van der Waals surface area (Å²) in [6.45, 7) is 1.86. The van der Waals surface area contributed by atoms with Crippen molar-refractivity contribution in [2.24, 2.45) is 5.92 Å². The number of anilines is 1. The average Bonchev–Trinajstić information content (AvgIpc) is 3.29. The monoisotopic (exact) mass is 361 g/mol. The van der Waals surface area contributed by atoms with Gasteiger partial charge in [0.15, 0.2) is 0 Å². The minimum atomic E-state index is -0.250. The highest BCUT2D eigenvalue weighted by atomic mass is 32.2. The summed E-state index contributed by atoms with van der Waals surface area (Å²) in [5, 5.41) is 7.34. The van der Waals surface area contributed by atoms with Crippen LogP contribution in [0, 0.1) is 5.92 Å². The first-order valence-corrected chi connectivity index (χ1v) is 9.51. The summed E-state index contributed by atoms with van der Waals surface area (Å²) in [6, 6.07) is 7.86. The fraction of sp³-hybridized carbons (Fsp3) is 0.444. The van der Waals surface area contributed by atoms with Crippen molar-refractivity contribution in [2.45, 2.75) is 24.0 Å². The minimum absolute atomic E-state index is 0.00889. The minimum Gasteiger partial charge on any atom is -0.383 e. The highest BCUT2D eigenvalue weighted by Gasteiger charge is 2.36. The van der Waals surface area contributed by atoms with Crippen molar-refractivity contribution in [1.82, 2.24) is 9.78 Å². The van der Waals surface area contributed by atoms with Gasteiger partial charge in [0, 0.05) is 36.1 Å². The fourth-order valence-electron chi connectivity index (χ4n) is 2.96. The summed E-state index contributed by atoms with van der Waals surface area (Å²) in [6.07, 6.45) is 6.19. The van der Waals surface area contributed by atoms with E-state index in [0.717, 1.165) is 16.1 Å². The number of nitrogens with zero attached hydrogens (tertiary/aromatic N) is 2. The molecule has 2 aromatic rings. The topological polar surface area (TPSA) is 65.4 Å². The summed E-state index contributed by atoms with van der Waals surface area (Å²) >= 11 is 1.65. The Balaban J connectivity index is 1.68. The highest BCUT2D eigenvalue weighted by Crippen LogP contribution is 2.35. The van der Waals surface area contributed by atoms with Gasteiger partial charge in [-0.2, -0.15) is 5.10 Å². The molecule has 1 aliphatic heterocycles. The van der Waals surface area contributed by atoms with Crippen LogP contribution in [0.5, 0.6) is 0 Å². The van der Waals surface area contributed by atoms with E-state index in [-0.39, 0.29) is 17.9 Å². The van der Waals surface area contributed by atoms with Gasteiger partial charge in [0.05, 0.1) is 31.4 Å². The van der Waals surface area contributed by atoms with E-state index in [1.807, 2.05) is 41.4 Å². The second-order valence-corrected chi connectivity index (χ2v) is 6.82. The molecule has 6 nitrogen and oxygen atoms in total. The Hall–Kier alpha value is -1.83. The molecule has 1 saturated heterocycles. The third-order valence-corrected chi connectivity index (χ3v) is 5.00. The van der Waals surface area contributed by atoms with Gasteiger partial charge in [0.25, 0.3) is 0 Å². The van der Waals surface area contributed by atoms with Gasteiger partial charge in [0.1, 0.15) is 0 Å². The maximum Gasteiger partial charge on any atom is 0.230 e. The SMILES string of the molecule is COCCn1cc([C@H]2OCC[C@@H]2C(=O)Nc2cccc(SC)c2)cn1. The van der Waals surface area contributed by atoms with Crippen molar-refractivity contribution in [2.75, 3.05) is 31.9 Å². The van der Waals surface area contributed by atoms with Crippen LogP contribution in [0.4, 0.5) is 5.69 Å². The summed E-state index contributed by atoms with van der Waals surface area (Å²) in [5.74, 6) is -0.219. The third-order valence-electron chi connectivity index (χ3n) is 4.27. The van der Waals surface area contributed by atoms with Crippen LogP contribution in [0.3, 0.4) is 0 Å². The van der Waals surface area contributed by atoms with Gasteiger partial charge < -0.3 is 14.8 Å². The molecule has 0 radical (unpaired) electrons. The molecule has 1 N–H and O–H groups in total. The van der Waals surface area contributed by atoms with Gasteiger partial charge in [-0.25, -0.2) is 0 Å². The number of nitrogens with one attached hydrogen (secondary N) is 1. The molecule has 1 aromatic carbocycles. The van der Waals surface area contributed by atoms with Crippen LogP contribution >= 0.6 is 11.8 Å². The standard InChI is InChI=1S/C18H23N3O3S/c1-23-9-7-21-12-13(11-19-21)17-16(6-8-24-17)18(22)20-14-4-3-5-15(10-14)25-2/h3-5,10-12,16-17H,6-9H2,1-2H3,(H,20,22)/t16-,17+/m0/s1. The number of carbonyl (C=O) groups is 1. The average molecular weight is 361 g/mol. The first-order valence-electron chi connectivity index (χ1n) is 8.29. The number of hydrogen-bond donors (Lipinski definition) is 1. The number of ether oxygens (including phenoxy) is 2. The zero-order valence-electron chi connectivity index (χ0n) is 14.5. The zero-order chi connectivity index (χ0) is 17.6. The van der Waals surface area contributed by atoms with Crippen LogP contribution in [-0.2, 0) is 20.8 Å². The van der Waals surface area contributed by atoms with Gasteiger partial charge >= 0.3 is 0 Å². The lowest BCUT2D eigenvalue weighted by atomic mass is 9.96. The van der Waals surface area contributed by atoms with E-state index < -0.39 is 0 Å². The van der Waals surface area contributed by atoms with Crippen molar-refractivity contribution in [3.8, 4) is 0 Å². The lowest BCUT2D eigenvalue weighted by molar-refractivity contribution is -0.121. The molecule has 0 unspecified atom stereocenters. The molecule has 1 aliphatic rings. The molecule has 25 heavy (non-hydrogen) atoms. The van der Waals surface area contributed by atoms with Crippen LogP contribution in [0.2, 0.25) is 0 Å². The number of methoxy groups -OCH3 is 1. The second-order valence-electron chi connectivity index (χ2n) is 5.94. The Kier molecular flexibility index (Phi) is 6.12. The van der Waals surface area contributed by atoms with Crippen LogP contribution in [0.15, 0.2) is 41.6 Å². The van der Waals surface area contributed by atoms with E-state index in [1.54, 1.807) is 25.1 Å². The van der Waals surface area contributed by atoms with Gasteiger partial charge in [-0.1, -0.05) is 6.07 Å².